The first-order valence-corrected chi connectivity index (χ1v) is 7.49. The van der Waals surface area contributed by atoms with E-state index in [0.717, 1.165) is 31.7 Å². The molecule has 0 bridgehead atoms. The number of likely N-dealkylation sites (N-methyl/N-ethyl adjacent to an activating group) is 1. The second kappa shape index (κ2) is 5.61. The second-order valence-electron chi connectivity index (χ2n) is 6.25. The van der Waals surface area contributed by atoms with Crippen LogP contribution in [0.5, 0.6) is 0 Å². The van der Waals surface area contributed by atoms with Crippen molar-refractivity contribution >= 4 is 17.7 Å². The Kier molecular flexibility index (Phi) is 3.78. The average molecular weight is 303 g/mol. The molecular weight excluding hydrogens is 282 g/mol. The van der Waals surface area contributed by atoms with Crippen LogP contribution in [0.25, 0.3) is 0 Å². The second-order valence-corrected chi connectivity index (χ2v) is 6.25. The van der Waals surface area contributed by atoms with Gasteiger partial charge < -0.3 is 15.0 Å². The van der Waals surface area contributed by atoms with Crippen LogP contribution in [0.4, 0.5) is 10.5 Å². The number of carbonyl (C=O) groups is 2. The Morgan fingerprint density at radius 1 is 1.32 bits per heavy atom. The Balaban J connectivity index is 1.58. The zero-order valence-electron chi connectivity index (χ0n) is 13.0. The zero-order valence-corrected chi connectivity index (χ0v) is 13.0. The van der Waals surface area contributed by atoms with Crippen molar-refractivity contribution in [1.82, 2.24) is 9.80 Å². The lowest BCUT2D eigenvalue weighted by atomic mass is 10.0. The molecule has 2 aliphatic rings. The molecule has 1 spiro atoms. The third kappa shape index (κ3) is 3.06. The lowest BCUT2D eigenvalue weighted by Gasteiger charge is -2.21. The van der Waals surface area contributed by atoms with Crippen molar-refractivity contribution in [2.24, 2.45) is 0 Å². The molecule has 1 aromatic carbocycles. The van der Waals surface area contributed by atoms with Gasteiger partial charge in [0.05, 0.1) is 6.54 Å². The molecule has 2 saturated heterocycles. The summed E-state index contributed by atoms with van der Waals surface area (Å²) in [4.78, 5) is 26.5. The fraction of sp³-hybridized carbons (Fsp3) is 0.500. The van der Waals surface area contributed by atoms with Gasteiger partial charge in [0.1, 0.15) is 5.60 Å². The number of likely N-dealkylation sites (tertiary alicyclic amines) is 1. The molecule has 0 saturated carbocycles. The summed E-state index contributed by atoms with van der Waals surface area (Å²) in [5.41, 5.74) is 1.66. The molecule has 2 fully saturated rings. The van der Waals surface area contributed by atoms with E-state index in [4.69, 9.17) is 4.74 Å². The number of anilines is 1. The Bertz CT molecular complexity index is 587. The first kappa shape index (κ1) is 14.8. The van der Waals surface area contributed by atoms with E-state index in [1.54, 1.807) is 11.9 Å². The Labute approximate surface area is 130 Å². The molecule has 0 aromatic heterocycles. The monoisotopic (exact) mass is 303 g/mol. The number of rotatable bonds is 3. The minimum atomic E-state index is -0.331. The summed E-state index contributed by atoms with van der Waals surface area (Å²) in [5, 5.41) is 2.76. The van der Waals surface area contributed by atoms with Crippen LogP contribution in [-0.4, -0.2) is 54.1 Å². The van der Waals surface area contributed by atoms with Crippen LogP contribution in [0, 0.1) is 0 Å². The maximum atomic E-state index is 11.6. The maximum absolute atomic E-state index is 11.6. The Morgan fingerprint density at radius 2 is 2.05 bits per heavy atom. The van der Waals surface area contributed by atoms with Crippen molar-refractivity contribution in [3.05, 3.63) is 29.8 Å². The molecule has 6 heteroatoms. The standard InChI is InChI=1S/C16H21N3O3/c1-12(20)17-14-5-3-13(4-6-14)9-19-8-7-16(11-19)10-18(2)15(21)22-16/h3-6H,7-11H2,1-2H3,(H,17,20)/t16-/m0/s1. The number of nitrogens with one attached hydrogen (secondary N) is 1. The summed E-state index contributed by atoms with van der Waals surface area (Å²) in [6.45, 7) is 4.69. The van der Waals surface area contributed by atoms with E-state index < -0.39 is 0 Å². The van der Waals surface area contributed by atoms with Crippen LogP contribution >= 0.6 is 0 Å². The Hall–Kier alpha value is -2.08. The highest BCUT2D eigenvalue weighted by atomic mass is 16.6. The molecule has 0 aliphatic carbocycles. The van der Waals surface area contributed by atoms with Gasteiger partial charge in [-0.15, -0.1) is 0 Å². The summed E-state index contributed by atoms with van der Waals surface area (Å²) in [6, 6.07) is 7.85. The summed E-state index contributed by atoms with van der Waals surface area (Å²) < 4.78 is 5.55. The fourth-order valence-electron chi connectivity index (χ4n) is 3.22. The van der Waals surface area contributed by atoms with Gasteiger partial charge in [0.15, 0.2) is 0 Å². The molecule has 2 aliphatic heterocycles. The molecule has 6 nitrogen and oxygen atoms in total. The van der Waals surface area contributed by atoms with Gasteiger partial charge in [0.25, 0.3) is 0 Å². The van der Waals surface area contributed by atoms with Crippen LogP contribution in [0.1, 0.15) is 18.9 Å². The highest BCUT2D eigenvalue weighted by molar-refractivity contribution is 5.88. The van der Waals surface area contributed by atoms with Gasteiger partial charge in [-0.05, 0) is 17.7 Å². The van der Waals surface area contributed by atoms with Gasteiger partial charge in [0.2, 0.25) is 5.91 Å². The third-order valence-electron chi connectivity index (χ3n) is 4.22. The first-order valence-electron chi connectivity index (χ1n) is 7.49. The molecule has 22 heavy (non-hydrogen) atoms. The van der Waals surface area contributed by atoms with E-state index in [0.29, 0.717) is 6.54 Å². The molecule has 1 aromatic rings. The minimum absolute atomic E-state index is 0.0681. The molecular formula is C16H21N3O3. The molecule has 1 atom stereocenters. The van der Waals surface area contributed by atoms with Crippen LogP contribution in [0.2, 0.25) is 0 Å². The molecule has 2 heterocycles. The van der Waals surface area contributed by atoms with Crippen molar-refractivity contribution in [1.29, 1.82) is 0 Å². The van der Waals surface area contributed by atoms with E-state index >= 15 is 0 Å². The smallest absolute Gasteiger partial charge is 0.410 e. The van der Waals surface area contributed by atoms with Gasteiger partial charge in [-0.3, -0.25) is 9.69 Å². The number of nitrogens with zero attached hydrogens (tertiary/aromatic N) is 2. The van der Waals surface area contributed by atoms with Gasteiger partial charge in [-0.1, -0.05) is 12.1 Å². The summed E-state index contributed by atoms with van der Waals surface area (Å²) in [7, 11) is 1.78. The van der Waals surface area contributed by atoms with Gasteiger partial charge in [0, 0.05) is 45.7 Å². The predicted octanol–water partition coefficient (Wildman–Crippen LogP) is 1.67. The fourth-order valence-corrected chi connectivity index (χ4v) is 3.22. The highest BCUT2D eigenvalue weighted by Crippen LogP contribution is 2.32. The third-order valence-corrected chi connectivity index (χ3v) is 4.22. The van der Waals surface area contributed by atoms with E-state index in [2.05, 4.69) is 10.2 Å². The summed E-state index contributed by atoms with van der Waals surface area (Å²) in [6.07, 6.45) is 0.661. The van der Waals surface area contributed by atoms with Crippen LogP contribution < -0.4 is 5.32 Å². The highest BCUT2D eigenvalue weighted by Gasteiger charge is 2.48. The van der Waals surface area contributed by atoms with E-state index in [9.17, 15) is 9.59 Å². The van der Waals surface area contributed by atoms with Gasteiger partial charge in [-0.2, -0.15) is 0 Å². The number of hydrogen-bond donors (Lipinski definition) is 1. The molecule has 0 unspecified atom stereocenters. The van der Waals surface area contributed by atoms with Gasteiger partial charge in [-0.25, -0.2) is 4.79 Å². The SMILES string of the molecule is CC(=O)Nc1ccc(CN2CC[C@@]3(C2)CN(C)C(=O)O3)cc1. The quantitative estimate of drug-likeness (QED) is 0.923. The number of benzene rings is 1. The van der Waals surface area contributed by atoms with Crippen molar-refractivity contribution in [3.8, 4) is 0 Å². The Morgan fingerprint density at radius 3 is 2.64 bits per heavy atom. The number of amides is 2. The van der Waals surface area contributed by atoms with Crippen molar-refractivity contribution in [3.63, 3.8) is 0 Å². The normalized spacial score (nSPS) is 24.8. The number of ether oxygens (including phenoxy) is 1. The van der Waals surface area contributed by atoms with Crippen LogP contribution in [0.15, 0.2) is 24.3 Å². The van der Waals surface area contributed by atoms with Crippen LogP contribution in [-0.2, 0) is 16.1 Å². The van der Waals surface area contributed by atoms with Crippen molar-refractivity contribution in [2.75, 3.05) is 32.0 Å². The zero-order chi connectivity index (χ0) is 15.7. The largest absolute Gasteiger partial charge is 0.439 e. The first-order chi connectivity index (χ1) is 10.5. The van der Waals surface area contributed by atoms with Gasteiger partial charge >= 0.3 is 6.09 Å². The minimum Gasteiger partial charge on any atom is -0.439 e. The van der Waals surface area contributed by atoms with E-state index in [1.807, 2.05) is 24.3 Å². The molecule has 118 valence electrons. The average Bonchev–Trinajstić information content (AvgIpc) is 2.95. The number of carbonyl (C=O) groups excluding carboxylic acids is 2. The van der Waals surface area contributed by atoms with E-state index in [-0.39, 0.29) is 17.6 Å². The summed E-state index contributed by atoms with van der Waals surface area (Å²) >= 11 is 0. The lowest BCUT2D eigenvalue weighted by molar-refractivity contribution is -0.114. The number of hydrogen-bond acceptors (Lipinski definition) is 4. The molecule has 3 rings (SSSR count). The summed E-state index contributed by atoms with van der Waals surface area (Å²) in [5.74, 6) is -0.0681. The molecule has 2 amide bonds. The maximum Gasteiger partial charge on any atom is 0.410 e. The van der Waals surface area contributed by atoms with Crippen molar-refractivity contribution in [2.45, 2.75) is 25.5 Å². The lowest BCUT2D eigenvalue weighted by Crippen LogP contribution is -2.37. The molecule has 0 radical (unpaired) electrons. The van der Waals surface area contributed by atoms with E-state index in [1.165, 1.54) is 12.5 Å². The molecule has 1 N–H and O–H groups in total. The predicted molar refractivity (Wildman–Crippen MR) is 82.5 cm³/mol. The van der Waals surface area contributed by atoms with Crippen LogP contribution in [0.3, 0.4) is 0 Å². The topological polar surface area (TPSA) is 61.9 Å². The van der Waals surface area contributed by atoms with Crippen molar-refractivity contribution < 1.29 is 14.3 Å².